The summed E-state index contributed by atoms with van der Waals surface area (Å²) in [5, 5.41) is 12.9. The van der Waals surface area contributed by atoms with Crippen molar-refractivity contribution in [1.82, 2.24) is 9.97 Å². The first-order chi connectivity index (χ1) is 11.7. The first kappa shape index (κ1) is 15.4. The molecule has 126 valence electrons. The zero-order valence-corrected chi connectivity index (χ0v) is 14.1. The zero-order chi connectivity index (χ0) is 16.5. The Morgan fingerprint density at radius 1 is 1.25 bits per heavy atom. The van der Waals surface area contributed by atoms with Crippen LogP contribution in [0.1, 0.15) is 35.8 Å². The molecule has 1 fully saturated rings. The third kappa shape index (κ3) is 3.08. The van der Waals surface area contributed by atoms with Crippen molar-refractivity contribution < 1.29 is 5.11 Å². The van der Waals surface area contributed by atoms with E-state index < -0.39 is 0 Å². The molecule has 1 aliphatic carbocycles. The maximum Gasteiger partial charge on any atom is 0.129 e. The van der Waals surface area contributed by atoms with Crippen molar-refractivity contribution in [1.29, 1.82) is 0 Å². The number of benzene rings is 1. The predicted octanol–water partition coefficient (Wildman–Crippen LogP) is 2.50. The number of para-hydroxylation sites is 1. The molecule has 1 aromatic heterocycles. The Morgan fingerprint density at radius 2 is 2.08 bits per heavy atom. The van der Waals surface area contributed by atoms with Crippen LogP contribution in [0.25, 0.3) is 0 Å². The minimum atomic E-state index is -0.156. The maximum atomic E-state index is 9.50. The molecule has 0 radical (unpaired) electrons. The lowest BCUT2D eigenvalue weighted by Crippen LogP contribution is -2.28. The fraction of sp³-hybridized carbons (Fsp3) is 0.474. The second kappa shape index (κ2) is 6.40. The van der Waals surface area contributed by atoms with Gasteiger partial charge in [-0.3, -0.25) is 0 Å². The number of nitrogens with zero attached hydrogens (tertiary/aromatic N) is 3. The second-order valence-corrected chi connectivity index (χ2v) is 6.84. The van der Waals surface area contributed by atoms with Crippen LogP contribution in [0.15, 0.2) is 30.3 Å². The number of hydrogen-bond donors (Lipinski definition) is 2. The van der Waals surface area contributed by atoms with Crippen LogP contribution in [0.2, 0.25) is 0 Å². The molecule has 0 amide bonds. The van der Waals surface area contributed by atoms with Gasteiger partial charge in [-0.15, -0.1) is 0 Å². The van der Waals surface area contributed by atoms with Crippen molar-refractivity contribution in [2.75, 3.05) is 29.9 Å². The topological polar surface area (TPSA) is 61.3 Å². The quantitative estimate of drug-likeness (QED) is 0.885. The number of aliphatic hydroxyl groups excluding tert-OH is 1. The van der Waals surface area contributed by atoms with Crippen LogP contribution in [0, 0.1) is 6.92 Å². The van der Waals surface area contributed by atoms with Gasteiger partial charge in [-0.05, 0) is 37.8 Å². The smallest absolute Gasteiger partial charge is 0.129 e. The van der Waals surface area contributed by atoms with E-state index in [1.807, 2.05) is 13.0 Å². The largest absolute Gasteiger partial charge is 0.393 e. The minimum absolute atomic E-state index is 0.156. The van der Waals surface area contributed by atoms with Crippen LogP contribution >= 0.6 is 0 Å². The SMILES string of the molecule is Cc1nc(NCCN2CCc3ccccc32)cc(C2CC(O)C2)n1. The van der Waals surface area contributed by atoms with Gasteiger partial charge < -0.3 is 15.3 Å². The Kier molecular flexibility index (Phi) is 4.10. The molecular formula is C19H24N4O. The van der Waals surface area contributed by atoms with Gasteiger partial charge in [-0.25, -0.2) is 9.97 Å². The van der Waals surface area contributed by atoms with Gasteiger partial charge in [0, 0.05) is 43.0 Å². The molecule has 0 bridgehead atoms. The van der Waals surface area contributed by atoms with Gasteiger partial charge in [0.15, 0.2) is 0 Å². The Bertz CT molecular complexity index is 727. The standard InChI is InChI=1S/C19H24N4O/c1-13-21-17(15-10-16(24)11-15)12-19(22-13)20-7-9-23-8-6-14-4-2-3-5-18(14)23/h2-5,12,15-16,24H,6-11H2,1H3,(H,20,21,22). The van der Waals surface area contributed by atoms with Gasteiger partial charge in [0.2, 0.25) is 0 Å². The van der Waals surface area contributed by atoms with E-state index in [1.165, 1.54) is 11.3 Å². The number of anilines is 2. The molecule has 0 saturated heterocycles. The third-order valence-electron chi connectivity index (χ3n) is 5.06. The van der Waals surface area contributed by atoms with Crippen LogP contribution < -0.4 is 10.2 Å². The highest BCUT2D eigenvalue weighted by atomic mass is 16.3. The molecule has 2 N–H and O–H groups in total. The van der Waals surface area contributed by atoms with Gasteiger partial charge in [0.1, 0.15) is 11.6 Å². The number of hydrogen-bond acceptors (Lipinski definition) is 5. The third-order valence-corrected chi connectivity index (χ3v) is 5.06. The number of aliphatic hydroxyl groups is 1. The molecule has 2 aromatic rings. The number of rotatable bonds is 5. The highest BCUT2D eigenvalue weighted by Gasteiger charge is 2.30. The fourth-order valence-electron chi connectivity index (χ4n) is 3.68. The van der Waals surface area contributed by atoms with Crippen LogP contribution in [0.3, 0.4) is 0 Å². The van der Waals surface area contributed by atoms with Crippen molar-refractivity contribution >= 4 is 11.5 Å². The van der Waals surface area contributed by atoms with E-state index >= 15 is 0 Å². The number of aromatic nitrogens is 2. The number of nitrogens with one attached hydrogen (secondary N) is 1. The molecule has 0 atom stereocenters. The molecule has 1 aliphatic heterocycles. The van der Waals surface area contributed by atoms with Crippen molar-refractivity contribution in [3.8, 4) is 0 Å². The normalized spacial score (nSPS) is 22.2. The van der Waals surface area contributed by atoms with Crippen molar-refractivity contribution in [3.63, 3.8) is 0 Å². The molecule has 2 heterocycles. The van der Waals surface area contributed by atoms with Crippen LogP contribution in [0.4, 0.5) is 11.5 Å². The highest BCUT2D eigenvalue weighted by Crippen LogP contribution is 2.36. The second-order valence-electron chi connectivity index (χ2n) is 6.84. The van der Waals surface area contributed by atoms with Gasteiger partial charge in [-0.1, -0.05) is 18.2 Å². The minimum Gasteiger partial charge on any atom is -0.393 e. The van der Waals surface area contributed by atoms with Crippen molar-refractivity contribution in [2.24, 2.45) is 0 Å². The summed E-state index contributed by atoms with van der Waals surface area (Å²) < 4.78 is 0. The lowest BCUT2D eigenvalue weighted by molar-refractivity contribution is 0.0731. The average molecular weight is 324 g/mol. The number of fused-ring (bicyclic) bond motifs is 1. The molecule has 24 heavy (non-hydrogen) atoms. The summed E-state index contributed by atoms with van der Waals surface area (Å²) >= 11 is 0. The summed E-state index contributed by atoms with van der Waals surface area (Å²) in [5.41, 5.74) is 3.87. The zero-order valence-electron chi connectivity index (χ0n) is 14.1. The van der Waals surface area contributed by atoms with Crippen LogP contribution in [0.5, 0.6) is 0 Å². The van der Waals surface area contributed by atoms with Gasteiger partial charge in [0.05, 0.1) is 6.10 Å². The Morgan fingerprint density at radius 3 is 2.92 bits per heavy atom. The van der Waals surface area contributed by atoms with E-state index in [2.05, 4.69) is 44.5 Å². The molecular weight excluding hydrogens is 300 g/mol. The van der Waals surface area contributed by atoms with E-state index in [9.17, 15) is 5.11 Å². The summed E-state index contributed by atoms with van der Waals surface area (Å²) in [6.45, 7) is 4.85. The monoisotopic (exact) mass is 324 g/mol. The summed E-state index contributed by atoms with van der Waals surface area (Å²) in [7, 11) is 0. The fourth-order valence-corrected chi connectivity index (χ4v) is 3.68. The van der Waals surface area contributed by atoms with E-state index in [1.54, 1.807) is 0 Å². The molecule has 0 spiro atoms. The first-order valence-corrected chi connectivity index (χ1v) is 8.79. The summed E-state index contributed by atoms with van der Waals surface area (Å²) in [5.74, 6) is 2.07. The first-order valence-electron chi connectivity index (χ1n) is 8.79. The van der Waals surface area contributed by atoms with E-state index in [0.29, 0.717) is 5.92 Å². The summed E-state index contributed by atoms with van der Waals surface area (Å²) in [6, 6.07) is 10.7. The van der Waals surface area contributed by atoms with Gasteiger partial charge in [0.25, 0.3) is 0 Å². The van der Waals surface area contributed by atoms with Crippen molar-refractivity contribution in [2.45, 2.75) is 38.2 Å². The molecule has 4 rings (SSSR count). The van der Waals surface area contributed by atoms with E-state index in [-0.39, 0.29) is 6.10 Å². The molecule has 0 unspecified atom stereocenters. The molecule has 5 nitrogen and oxygen atoms in total. The summed E-state index contributed by atoms with van der Waals surface area (Å²) in [4.78, 5) is 11.5. The molecule has 1 saturated carbocycles. The maximum absolute atomic E-state index is 9.50. The highest BCUT2D eigenvalue weighted by molar-refractivity contribution is 5.57. The molecule has 5 heteroatoms. The molecule has 1 aromatic carbocycles. The Labute approximate surface area is 142 Å². The predicted molar refractivity (Wildman–Crippen MR) is 95.6 cm³/mol. The Hall–Kier alpha value is -2.14. The Balaban J connectivity index is 1.36. The summed E-state index contributed by atoms with van der Waals surface area (Å²) in [6.07, 6.45) is 2.62. The van der Waals surface area contributed by atoms with Gasteiger partial charge >= 0.3 is 0 Å². The number of aryl methyl sites for hydroxylation is 1. The van der Waals surface area contributed by atoms with E-state index in [0.717, 1.165) is 56.2 Å². The van der Waals surface area contributed by atoms with Crippen LogP contribution in [-0.2, 0) is 6.42 Å². The van der Waals surface area contributed by atoms with E-state index in [4.69, 9.17) is 0 Å². The lowest BCUT2D eigenvalue weighted by atomic mass is 9.80. The lowest BCUT2D eigenvalue weighted by Gasteiger charge is -2.31. The van der Waals surface area contributed by atoms with Crippen molar-refractivity contribution in [3.05, 3.63) is 47.4 Å². The van der Waals surface area contributed by atoms with Crippen LogP contribution in [-0.4, -0.2) is 40.8 Å². The van der Waals surface area contributed by atoms with Gasteiger partial charge in [-0.2, -0.15) is 0 Å². The average Bonchev–Trinajstić information content (AvgIpc) is 2.95. The molecule has 2 aliphatic rings.